The average Bonchev–Trinajstić information content (AvgIpc) is 3.13. The first-order valence-corrected chi connectivity index (χ1v) is 9.31. The third-order valence-corrected chi connectivity index (χ3v) is 4.80. The SMILES string of the molecule is O=c1c2ccccc2ncn1CCSc1nnc(Cc2ccc(F)cc2)o1. The van der Waals surface area contributed by atoms with Gasteiger partial charge in [-0.05, 0) is 29.8 Å². The van der Waals surface area contributed by atoms with Crippen LogP contribution in [-0.2, 0) is 13.0 Å². The lowest BCUT2D eigenvalue weighted by Gasteiger charge is -2.05. The zero-order valence-corrected chi connectivity index (χ0v) is 15.0. The number of fused-ring (bicyclic) bond motifs is 1. The molecule has 0 N–H and O–H groups in total. The first-order valence-electron chi connectivity index (χ1n) is 8.33. The predicted octanol–water partition coefficient (Wildman–Crippen LogP) is 3.30. The van der Waals surface area contributed by atoms with Gasteiger partial charge in [0.05, 0.1) is 23.7 Å². The number of halogens is 1. The summed E-state index contributed by atoms with van der Waals surface area (Å²) in [5, 5.41) is 9.05. The van der Waals surface area contributed by atoms with Crippen molar-refractivity contribution in [1.29, 1.82) is 0 Å². The van der Waals surface area contributed by atoms with Crippen molar-refractivity contribution in [1.82, 2.24) is 19.7 Å². The molecule has 6 nitrogen and oxygen atoms in total. The van der Waals surface area contributed by atoms with Crippen LogP contribution in [0.1, 0.15) is 11.5 Å². The van der Waals surface area contributed by atoms with Gasteiger partial charge in [-0.3, -0.25) is 9.36 Å². The van der Waals surface area contributed by atoms with Crippen molar-refractivity contribution in [2.45, 2.75) is 18.2 Å². The molecule has 0 saturated carbocycles. The molecule has 2 aromatic carbocycles. The molecule has 8 heteroatoms. The monoisotopic (exact) mass is 382 g/mol. The van der Waals surface area contributed by atoms with Crippen LogP contribution in [0.25, 0.3) is 10.9 Å². The summed E-state index contributed by atoms with van der Waals surface area (Å²) < 4.78 is 20.1. The summed E-state index contributed by atoms with van der Waals surface area (Å²) in [7, 11) is 0. The second-order valence-corrected chi connectivity index (χ2v) is 6.92. The van der Waals surface area contributed by atoms with Gasteiger partial charge in [-0.15, -0.1) is 10.2 Å². The largest absolute Gasteiger partial charge is 0.416 e. The molecule has 0 fully saturated rings. The molecule has 4 rings (SSSR count). The van der Waals surface area contributed by atoms with E-state index in [1.165, 1.54) is 23.9 Å². The zero-order valence-electron chi connectivity index (χ0n) is 14.2. The van der Waals surface area contributed by atoms with E-state index < -0.39 is 0 Å². The summed E-state index contributed by atoms with van der Waals surface area (Å²) in [6.45, 7) is 0.483. The minimum atomic E-state index is -0.279. The number of aryl methyl sites for hydroxylation is 1. The Morgan fingerprint density at radius 1 is 1.07 bits per heavy atom. The fourth-order valence-electron chi connectivity index (χ4n) is 2.64. The molecule has 4 aromatic rings. The summed E-state index contributed by atoms with van der Waals surface area (Å²) in [6.07, 6.45) is 2.00. The van der Waals surface area contributed by atoms with Gasteiger partial charge in [-0.25, -0.2) is 9.37 Å². The van der Waals surface area contributed by atoms with Gasteiger partial charge in [0.2, 0.25) is 5.89 Å². The Kier molecular flexibility index (Phi) is 4.97. The van der Waals surface area contributed by atoms with Crippen LogP contribution >= 0.6 is 11.8 Å². The first kappa shape index (κ1) is 17.4. The number of hydrogen-bond acceptors (Lipinski definition) is 6. The van der Waals surface area contributed by atoms with Crippen LogP contribution in [-0.4, -0.2) is 25.5 Å². The van der Waals surface area contributed by atoms with Gasteiger partial charge >= 0.3 is 0 Å². The molecule has 0 saturated heterocycles. The molecule has 0 aliphatic carbocycles. The van der Waals surface area contributed by atoms with Gasteiger partial charge in [-0.2, -0.15) is 0 Å². The van der Waals surface area contributed by atoms with Crippen LogP contribution in [0.3, 0.4) is 0 Å². The molecule has 27 heavy (non-hydrogen) atoms. The molecule has 0 amide bonds. The van der Waals surface area contributed by atoms with Crippen LogP contribution in [0, 0.1) is 5.82 Å². The maximum Gasteiger partial charge on any atom is 0.276 e. The summed E-state index contributed by atoms with van der Waals surface area (Å²) in [6, 6.07) is 13.4. The number of rotatable bonds is 6. The van der Waals surface area contributed by atoms with E-state index >= 15 is 0 Å². The van der Waals surface area contributed by atoms with Crippen molar-refractivity contribution in [3.05, 3.63) is 82.5 Å². The number of hydrogen-bond donors (Lipinski definition) is 0. The molecule has 136 valence electrons. The zero-order chi connectivity index (χ0) is 18.6. The summed E-state index contributed by atoms with van der Waals surface area (Å²) in [5.41, 5.74) is 1.52. The number of thioether (sulfide) groups is 1. The van der Waals surface area contributed by atoms with Crippen molar-refractivity contribution >= 4 is 22.7 Å². The molecular formula is C19H15FN4O2S. The van der Waals surface area contributed by atoms with Crippen LogP contribution in [0.4, 0.5) is 4.39 Å². The minimum Gasteiger partial charge on any atom is -0.416 e. The molecular weight excluding hydrogens is 367 g/mol. The van der Waals surface area contributed by atoms with Crippen molar-refractivity contribution in [2.75, 3.05) is 5.75 Å². The maximum absolute atomic E-state index is 12.9. The molecule has 0 aliphatic rings. The molecule has 0 atom stereocenters. The molecule has 0 unspecified atom stereocenters. The van der Waals surface area contributed by atoms with Gasteiger partial charge in [-0.1, -0.05) is 36.0 Å². The minimum absolute atomic E-state index is 0.0660. The summed E-state index contributed by atoms with van der Waals surface area (Å²) in [5.74, 6) is 0.783. The van der Waals surface area contributed by atoms with Crippen molar-refractivity contribution in [2.24, 2.45) is 0 Å². The van der Waals surface area contributed by atoms with Crippen molar-refractivity contribution in [3.8, 4) is 0 Å². The van der Waals surface area contributed by atoms with E-state index in [9.17, 15) is 9.18 Å². The highest BCUT2D eigenvalue weighted by Gasteiger charge is 2.09. The van der Waals surface area contributed by atoms with E-state index in [-0.39, 0.29) is 11.4 Å². The highest BCUT2D eigenvalue weighted by molar-refractivity contribution is 7.99. The van der Waals surface area contributed by atoms with Crippen molar-refractivity contribution < 1.29 is 8.81 Å². The van der Waals surface area contributed by atoms with E-state index in [0.29, 0.717) is 40.7 Å². The lowest BCUT2D eigenvalue weighted by molar-refractivity contribution is 0.420. The lowest BCUT2D eigenvalue weighted by Crippen LogP contribution is -2.21. The second kappa shape index (κ2) is 7.71. The molecule has 0 bridgehead atoms. The smallest absolute Gasteiger partial charge is 0.276 e. The highest BCUT2D eigenvalue weighted by Crippen LogP contribution is 2.18. The van der Waals surface area contributed by atoms with Crippen molar-refractivity contribution in [3.63, 3.8) is 0 Å². The fourth-order valence-corrected chi connectivity index (χ4v) is 3.36. The topological polar surface area (TPSA) is 73.8 Å². The van der Waals surface area contributed by atoms with Crippen LogP contribution < -0.4 is 5.56 Å². The van der Waals surface area contributed by atoms with E-state index in [1.807, 2.05) is 18.2 Å². The molecule has 2 aromatic heterocycles. The van der Waals surface area contributed by atoms with Crippen LogP contribution in [0.15, 0.2) is 69.3 Å². The van der Waals surface area contributed by atoms with E-state index in [2.05, 4.69) is 15.2 Å². The normalized spacial score (nSPS) is 11.1. The summed E-state index contributed by atoms with van der Waals surface area (Å²) in [4.78, 5) is 16.7. The van der Waals surface area contributed by atoms with Gasteiger partial charge in [0, 0.05) is 12.3 Å². The Bertz CT molecular complexity index is 1120. The maximum atomic E-state index is 12.9. The Morgan fingerprint density at radius 3 is 2.74 bits per heavy atom. The molecule has 0 radical (unpaired) electrons. The quantitative estimate of drug-likeness (QED) is 0.477. The van der Waals surface area contributed by atoms with Crippen LogP contribution in [0.5, 0.6) is 0 Å². The standard InChI is InChI=1S/C19H15FN4O2S/c20-14-7-5-13(6-8-14)11-17-22-23-19(26-17)27-10-9-24-12-21-16-4-2-1-3-15(16)18(24)25/h1-8,12H,9-11H2. The van der Waals surface area contributed by atoms with Gasteiger partial charge in [0.15, 0.2) is 0 Å². The Hall–Kier alpha value is -3.00. The number of nitrogens with zero attached hydrogens (tertiary/aromatic N) is 4. The van der Waals surface area contributed by atoms with E-state index in [0.717, 1.165) is 5.56 Å². The Labute approximate surface area is 158 Å². The lowest BCUT2D eigenvalue weighted by atomic mass is 10.1. The van der Waals surface area contributed by atoms with Crippen LogP contribution in [0.2, 0.25) is 0 Å². The fraction of sp³-hybridized carbons (Fsp3) is 0.158. The van der Waals surface area contributed by atoms with Gasteiger partial charge in [0.1, 0.15) is 5.82 Å². The van der Waals surface area contributed by atoms with E-state index in [1.54, 1.807) is 29.1 Å². The van der Waals surface area contributed by atoms with E-state index in [4.69, 9.17) is 4.42 Å². The third kappa shape index (κ3) is 4.06. The number of benzene rings is 2. The number of aromatic nitrogens is 4. The third-order valence-electron chi connectivity index (χ3n) is 4.01. The second-order valence-electron chi connectivity index (χ2n) is 5.87. The Morgan fingerprint density at radius 2 is 1.89 bits per heavy atom. The van der Waals surface area contributed by atoms with Gasteiger partial charge < -0.3 is 4.42 Å². The molecule has 2 heterocycles. The first-order chi connectivity index (χ1) is 13.2. The summed E-state index contributed by atoms with van der Waals surface area (Å²) >= 11 is 1.38. The number of para-hydroxylation sites is 1. The molecule has 0 aliphatic heterocycles. The molecule has 0 spiro atoms. The predicted molar refractivity (Wildman–Crippen MR) is 100 cm³/mol. The van der Waals surface area contributed by atoms with Gasteiger partial charge in [0.25, 0.3) is 10.8 Å². The Balaban J connectivity index is 1.37. The average molecular weight is 382 g/mol. The highest BCUT2D eigenvalue weighted by atomic mass is 32.2.